The zero-order valence-electron chi connectivity index (χ0n) is 7.78. The fraction of sp³-hybridized carbons (Fsp3) is 0.889. The largest absolute Gasteiger partial charge is 0.356 e. The molecule has 4 heteroatoms. The Kier molecular flexibility index (Phi) is 3.22. The maximum Gasteiger partial charge on any atom is 0.248 e. The molecule has 1 atom stereocenters. The van der Waals surface area contributed by atoms with Gasteiger partial charge in [-0.05, 0) is 18.8 Å². The van der Waals surface area contributed by atoms with Crippen LogP contribution >= 0.6 is 0 Å². The van der Waals surface area contributed by atoms with Gasteiger partial charge in [-0.15, -0.1) is 0 Å². The molecule has 0 heterocycles. The molecule has 0 radical (unpaired) electrons. The summed E-state index contributed by atoms with van der Waals surface area (Å²) in [6.45, 7) is 1.80. The van der Waals surface area contributed by atoms with E-state index in [1.165, 1.54) is 6.92 Å². The van der Waals surface area contributed by atoms with E-state index in [1.807, 2.05) is 0 Å². The number of rotatable bonds is 2. The minimum Gasteiger partial charge on any atom is -0.356 e. The SMILES string of the molecule is CC(=O)NCC1CCCC(F)(F)C1. The fourth-order valence-corrected chi connectivity index (χ4v) is 1.74. The molecule has 1 saturated carbocycles. The van der Waals surface area contributed by atoms with Gasteiger partial charge in [0.25, 0.3) is 0 Å². The molecular weight excluding hydrogens is 176 g/mol. The first-order chi connectivity index (χ1) is 5.99. The molecule has 2 nitrogen and oxygen atoms in total. The van der Waals surface area contributed by atoms with Crippen molar-refractivity contribution < 1.29 is 13.6 Å². The van der Waals surface area contributed by atoms with E-state index in [1.54, 1.807) is 0 Å². The van der Waals surface area contributed by atoms with Crippen LogP contribution in [0.4, 0.5) is 8.78 Å². The number of carbonyl (C=O) groups is 1. The van der Waals surface area contributed by atoms with Gasteiger partial charge in [0.05, 0.1) is 0 Å². The van der Waals surface area contributed by atoms with Crippen molar-refractivity contribution in [2.75, 3.05) is 6.54 Å². The average Bonchev–Trinajstić information content (AvgIpc) is 1.99. The van der Waals surface area contributed by atoms with Gasteiger partial charge in [0, 0.05) is 26.3 Å². The summed E-state index contributed by atoms with van der Waals surface area (Å²) >= 11 is 0. The lowest BCUT2D eigenvalue weighted by molar-refractivity contribution is -0.119. The first kappa shape index (κ1) is 10.4. The number of alkyl halides is 2. The van der Waals surface area contributed by atoms with Crippen molar-refractivity contribution in [2.45, 2.75) is 38.5 Å². The fourth-order valence-electron chi connectivity index (χ4n) is 1.74. The van der Waals surface area contributed by atoms with Gasteiger partial charge in [-0.1, -0.05) is 0 Å². The van der Waals surface area contributed by atoms with Crippen molar-refractivity contribution in [2.24, 2.45) is 5.92 Å². The lowest BCUT2D eigenvalue weighted by atomic mass is 9.86. The summed E-state index contributed by atoms with van der Waals surface area (Å²) in [5, 5.41) is 2.58. The third kappa shape index (κ3) is 3.70. The highest BCUT2D eigenvalue weighted by Gasteiger charge is 2.35. The average molecular weight is 191 g/mol. The molecule has 13 heavy (non-hydrogen) atoms. The molecule has 1 fully saturated rings. The summed E-state index contributed by atoms with van der Waals surface area (Å²) in [5.74, 6) is -2.71. The molecule has 0 bridgehead atoms. The summed E-state index contributed by atoms with van der Waals surface area (Å²) < 4.78 is 25.7. The minimum absolute atomic E-state index is 0.00354. The second-order valence-electron chi connectivity index (χ2n) is 3.76. The minimum atomic E-state index is -2.51. The van der Waals surface area contributed by atoms with Crippen LogP contribution in [0.1, 0.15) is 32.6 Å². The zero-order chi connectivity index (χ0) is 9.90. The molecule has 1 amide bonds. The second kappa shape index (κ2) is 4.03. The van der Waals surface area contributed by atoms with Gasteiger partial charge in [0.15, 0.2) is 0 Å². The molecule has 0 aromatic heterocycles. The van der Waals surface area contributed by atoms with Crippen LogP contribution in [0.3, 0.4) is 0 Å². The maximum absolute atomic E-state index is 12.9. The normalized spacial score (nSPS) is 26.8. The third-order valence-corrected chi connectivity index (χ3v) is 2.38. The quantitative estimate of drug-likeness (QED) is 0.710. The lowest BCUT2D eigenvalue weighted by Crippen LogP contribution is -2.34. The molecule has 0 aromatic carbocycles. The Balaban J connectivity index is 2.30. The van der Waals surface area contributed by atoms with E-state index in [0.717, 1.165) is 6.42 Å². The van der Waals surface area contributed by atoms with Crippen molar-refractivity contribution in [1.82, 2.24) is 5.32 Å². The van der Waals surface area contributed by atoms with Gasteiger partial charge in [0.2, 0.25) is 11.8 Å². The van der Waals surface area contributed by atoms with Gasteiger partial charge in [-0.25, -0.2) is 8.78 Å². The summed E-state index contributed by atoms with van der Waals surface area (Å²) in [7, 11) is 0. The van der Waals surface area contributed by atoms with Crippen LogP contribution in [0.25, 0.3) is 0 Å². The molecule has 1 aliphatic carbocycles. The van der Waals surface area contributed by atoms with Crippen molar-refractivity contribution in [3.05, 3.63) is 0 Å². The van der Waals surface area contributed by atoms with Crippen LogP contribution in [0.5, 0.6) is 0 Å². The number of hydrogen-bond donors (Lipinski definition) is 1. The second-order valence-corrected chi connectivity index (χ2v) is 3.76. The van der Waals surface area contributed by atoms with Gasteiger partial charge in [-0.3, -0.25) is 4.79 Å². The van der Waals surface area contributed by atoms with Crippen LogP contribution in [0, 0.1) is 5.92 Å². The van der Waals surface area contributed by atoms with Gasteiger partial charge in [-0.2, -0.15) is 0 Å². The van der Waals surface area contributed by atoms with E-state index >= 15 is 0 Å². The maximum atomic E-state index is 12.9. The Bertz CT molecular complexity index is 194. The predicted octanol–water partition coefficient (Wildman–Crippen LogP) is 1.95. The van der Waals surface area contributed by atoms with Gasteiger partial charge < -0.3 is 5.32 Å². The zero-order valence-corrected chi connectivity index (χ0v) is 7.78. The van der Waals surface area contributed by atoms with E-state index in [2.05, 4.69) is 5.32 Å². The van der Waals surface area contributed by atoms with E-state index < -0.39 is 5.92 Å². The van der Waals surface area contributed by atoms with E-state index in [4.69, 9.17) is 0 Å². The molecule has 1 aliphatic rings. The summed E-state index contributed by atoms with van der Waals surface area (Å²) in [5.41, 5.74) is 0. The highest BCUT2D eigenvalue weighted by atomic mass is 19.3. The Morgan fingerprint density at radius 2 is 2.31 bits per heavy atom. The van der Waals surface area contributed by atoms with Crippen LogP contribution in [0.2, 0.25) is 0 Å². The molecule has 76 valence electrons. The topological polar surface area (TPSA) is 29.1 Å². The van der Waals surface area contributed by atoms with Crippen LogP contribution in [0.15, 0.2) is 0 Å². The van der Waals surface area contributed by atoms with Crippen molar-refractivity contribution in [1.29, 1.82) is 0 Å². The molecular formula is C9H15F2NO. The number of halogens is 2. The van der Waals surface area contributed by atoms with E-state index in [-0.39, 0.29) is 24.7 Å². The highest BCUT2D eigenvalue weighted by molar-refractivity contribution is 5.72. The third-order valence-electron chi connectivity index (χ3n) is 2.38. The van der Waals surface area contributed by atoms with Gasteiger partial charge in [0.1, 0.15) is 0 Å². The Morgan fingerprint density at radius 3 is 2.85 bits per heavy atom. The van der Waals surface area contributed by atoms with E-state index in [9.17, 15) is 13.6 Å². The summed E-state index contributed by atoms with van der Waals surface area (Å²) in [6, 6.07) is 0. The van der Waals surface area contributed by atoms with Crippen LogP contribution in [-0.4, -0.2) is 18.4 Å². The first-order valence-corrected chi connectivity index (χ1v) is 4.62. The smallest absolute Gasteiger partial charge is 0.248 e. The Labute approximate surface area is 76.7 Å². The Morgan fingerprint density at radius 1 is 1.62 bits per heavy atom. The monoisotopic (exact) mass is 191 g/mol. The molecule has 0 aromatic rings. The first-order valence-electron chi connectivity index (χ1n) is 4.62. The molecule has 1 rings (SSSR count). The van der Waals surface area contributed by atoms with Crippen molar-refractivity contribution in [3.8, 4) is 0 Å². The molecule has 1 N–H and O–H groups in total. The molecule has 0 aliphatic heterocycles. The van der Waals surface area contributed by atoms with Crippen molar-refractivity contribution in [3.63, 3.8) is 0 Å². The molecule has 0 spiro atoms. The predicted molar refractivity (Wildman–Crippen MR) is 45.6 cm³/mol. The highest BCUT2D eigenvalue weighted by Crippen LogP contribution is 2.36. The number of amides is 1. The summed E-state index contributed by atoms with van der Waals surface area (Å²) in [4.78, 5) is 10.5. The van der Waals surface area contributed by atoms with Crippen molar-refractivity contribution >= 4 is 5.91 Å². The van der Waals surface area contributed by atoms with Gasteiger partial charge >= 0.3 is 0 Å². The Hall–Kier alpha value is -0.670. The standard InChI is InChI=1S/C9H15F2NO/c1-7(13)12-6-8-3-2-4-9(10,11)5-8/h8H,2-6H2,1H3,(H,12,13). The van der Waals surface area contributed by atoms with Crippen LogP contribution in [-0.2, 0) is 4.79 Å². The van der Waals surface area contributed by atoms with Crippen LogP contribution < -0.4 is 5.32 Å². The number of carbonyl (C=O) groups excluding carboxylic acids is 1. The van der Waals surface area contributed by atoms with E-state index in [0.29, 0.717) is 13.0 Å². The lowest BCUT2D eigenvalue weighted by Gasteiger charge is -2.28. The summed E-state index contributed by atoms with van der Waals surface area (Å²) in [6.07, 6.45) is 1.30. The molecule has 0 saturated heterocycles. The number of nitrogens with one attached hydrogen (secondary N) is 1. The number of hydrogen-bond acceptors (Lipinski definition) is 1. The molecule has 1 unspecified atom stereocenters.